The fourth-order valence-corrected chi connectivity index (χ4v) is 1.62. The summed E-state index contributed by atoms with van der Waals surface area (Å²) in [6.07, 6.45) is 0.0748. The van der Waals surface area contributed by atoms with Gasteiger partial charge in [-0.05, 0) is 12.8 Å². The molecule has 9 nitrogen and oxygen atoms in total. The van der Waals surface area contributed by atoms with E-state index in [1.165, 1.54) is 0 Å². The Bertz CT molecular complexity index is 506. The van der Waals surface area contributed by atoms with Crippen LogP contribution in [0.1, 0.15) is 22.3 Å². The summed E-state index contributed by atoms with van der Waals surface area (Å²) in [5.74, 6) is -1.49. The number of non-ortho nitro benzene ring substituents is 1. The van der Waals surface area contributed by atoms with Crippen molar-refractivity contribution in [1.29, 1.82) is 0 Å². The highest BCUT2D eigenvalue weighted by Gasteiger charge is 2.26. The van der Waals surface area contributed by atoms with Gasteiger partial charge >= 0.3 is 5.97 Å². The van der Waals surface area contributed by atoms with E-state index in [9.17, 15) is 25.0 Å². The molecule has 1 aromatic rings. The van der Waals surface area contributed by atoms with Crippen molar-refractivity contribution in [3.05, 3.63) is 43.5 Å². The second-order valence-corrected chi connectivity index (χ2v) is 3.64. The van der Waals surface area contributed by atoms with Crippen LogP contribution in [0.3, 0.4) is 0 Å². The topological polar surface area (TPSA) is 144 Å². The smallest absolute Gasteiger partial charge is 0.336 e. The van der Waals surface area contributed by atoms with Crippen LogP contribution in [0.4, 0.5) is 11.4 Å². The zero-order chi connectivity index (χ0) is 14.6. The molecule has 1 rings (SSSR count). The number of aliphatic hydroxyl groups excluding tert-OH is 1. The lowest BCUT2D eigenvalue weighted by atomic mass is 10.00. The number of benzene rings is 1. The first kappa shape index (κ1) is 14.5. The maximum Gasteiger partial charge on any atom is 0.336 e. The first-order valence-corrected chi connectivity index (χ1v) is 5.18. The number of aromatic carboxylic acids is 1. The van der Waals surface area contributed by atoms with Crippen molar-refractivity contribution in [1.82, 2.24) is 0 Å². The van der Waals surface area contributed by atoms with Crippen molar-refractivity contribution in [3.8, 4) is 0 Å². The van der Waals surface area contributed by atoms with E-state index < -0.39 is 32.8 Å². The molecule has 0 aromatic heterocycles. The average Bonchev–Trinajstić information content (AvgIpc) is 2.34. The molecule has 102 valence electrons. The fraction of sp³-hybridized carbons (Fsp3) is 0.300. The van der Waals surface area contributed by atoms with Gasteiger partial charge in [0.2, 0.25) is 0 Å². The van der Waals surface area contributed by atoms with Gasteiger partial charge in [0.05, 0.1) is 21.5 Å². The standard InChI is InChI=1S/C10H10N2O7/c13-3-1-2-7-8(10(14)15)4-6(11(16)17)5-9(7)12(18)19/h4-5,13H,1-3H2,(H,14,15). The Morgan fingerprint density at radius 2 is 1.84 bits per heavy atom. The number of carbonyl (C=O) groups is 1. The van der Waals surface area contributed by atoms with Crippen LogP contribution in [-0.4, -0.2) is 32.6 Å². The minimum absolute atomic E-state index is 0.0492. The molecule has 0 saturated heterocycles. The number of nitrogens with zero attached hydrogens (tertiary/aromatic N) is 2. The number of carboxylic acid groups (broad SMARTS) is 1. The number of carboxylic acids is 1. The number of hydrogen-bond donors (Lipinski definition) is 2. The van der Waals surface area contributed by atoms with Crippen molar-refractivity contribution in [2.75, 3.05) is 6.61 Å². The van der Waals surface area contributed by atoms with Crippen LogP contribution in [0.15, 0.2) is 12.1 Å². The van der Waals surface area contributed by atoms with E-state index in [0.29, 0.717) is 0 Å². The van der Waals surface area contributed by atoms with E-state index in [0.717, 1.165) is 12.1 Å². The molecule has 0 unspecified atom stereocenters. The quantitative estimate of drug-likeness (QED) is 0.582. The van der Waals surface area contributed by atoms with E-state index in [-0.39, 0.29) is 25.0 Å². The summed E-state index contributed by atoms with van der Waals surface area (Å²) in [5.41, 5.74) is -1.90. The van der Waals surface area contributed by atoms with Crippen LogP contribution >= 0.6 is 0 Å². The Kier molecular flexibility index (Phi) is 4.48. The van der Waals surface area contributed by atoms with Gasteiger partial charge in [0, 0.05) is 18.2 Å². The molecule has 1 aromatic carbocycles. The normalized spacial score (nSPS) is 10.2. The minimum atomic E-state index is -1.49. The van der Waals surface area contributed by atoms with Crippen LogP contribution in [0, 0.1) is 20.2 Å². The average molecular weight is 270 g/mol. The van der Waals surface area contributed by atoms with Crippen molar-refractivity contribution >= 4 is 17.3 Å². The van der Waals surface area contributed by atoms with E-state index in [1.54, 1.807) is 0 Å². The summed E-state index contributed by atoms with van der Waals surface area (Å²) in [7, 11) is 0. The molecule has 0 spiro atoms. The number of rotatable bonds is 6. The molecule has 0 aliphatic rings. The SMILES string of the molecule is O=C(O)c1cc([N+](=O)[O-])cc([N+](=O)[O-])c1CCCO. The highest BCUT2D eigenvalue weighted by molar-refractivity contribution is 5.91. The molecule has 0 amide bonds. The van der Waals surface area contributed by atoms with Gasteiger partial charge in [0.25, 0.3) is 11.4 Å². The molecule has 0 saturated carbocycles. The second kappa shape index (κ2) is 5.87. The van der Waals surface area contributed by atoms with Gasteiger partial charge in [-0.1, -0.05) is 0 Å². The van der Waals surface area contributed by atoms with Gasteiger partial charge < -0.3 is 10.2 Å². The van der Waals surface area contributed by atoms with Gasteiger partial charge in [-0.15, -0.1) is 0 Å². The molecule has 0 aliphatic heterocycles. The number of nitro groups is 2. The molecule has 19 heavy (non-hydrogen) atoms. The van der Waals surface area contributed by atoms with E-state index >= 15 is 0 Å². The Morgan fingerprint density at radius 1 is 1.21 bits per heavy atom. The number of hydrogen-bond acceptors (Lipinski definition) is 6. The molecule has 0 atom stereocenters. The van der Waals surface area contributed by atoms with Crippen molar-refractivity contribution in [2.24, 2.45) is 0 Å². The first-order valence-electron chi connectivity index (χ1n) is 5.18. The Hall–Kier alpha value is -2.55. The zero-order valence-electron chi connectivity index (χ0n) is 9.61. The largest absolute Gasteiger partial charge is 0.478 e. The van der Waals surface area contributed by atoms with E-state index in [1.807, 2.05) is 0 Å². The summed E-state index contributed by atoms with van der Waals surface area (Å²) in [5, 5.41) is 39.2. The highest BCUT2D eigenvalue weighted by atomic mass is 16.6. The zero-order valence-corrected chi connectivity index (χ0v) is 9.61. The van der Waals surface area contributed by atoms with Crippen molar-refractivity contribution in [2.45, 2.75) is 12.8 Å². The predicted octanol–water partition coefficient (Wildman–Crippen LogP) is 1.13. The van der Waals surface area contributed by atoms with Crippen molar-refractivity contribution in [3.63, 3.8) is 0 Å². The molecule has 2 N–H and O–H groups in total. The molecule has 0 bridgehead atoms. The summed E-state index contributed by atoms with van der Waals surface area (Å²) >= 11 is 0. The predicted molar refractivity (Wildman–Crippen MR) is 62.1 cm³/mol. The van der Waals surface area contributed by atoms with Crippen LogP contribution in [0.25, 0.3) is 0 Å². The second-order valence-electron chi connectivity index (χ2n) is 3.64. The Labute approximate surface area is 106 Å². The molecule has 0 heterocycles. The molecular formula is C10H10N2O7. The maximum atomic E-state index is 11.0. The third-order valence-electron chi connectivity index (χ3n) is 2.43. The van der Waals surface area contributed by atoms with Crippen LogP contribution in [0.5, 0.6) is 0 Å². The monoisotopic (exact) mass is 270 g/mol. The van der Waals surface area contributed by atoms with Gasteiger partial charge in [0.1, 0.15) is 0 Å². The Morgan fingerprint density at radius 3 is 2.26 bits per heavy atom. The van der Waals surface area contributed by atoms with Crippen LogP contribution < -0.4 is 0 Å². The van der Waals surface area contributed by atoms with Gasteiger partial charge in [0.15, 0.2) is 0 Å². The minimum Gasteiger partial charge on any atom is -0.478 e. The number of nitro benzene ring substituents is 2. The first-order chi connectivity index (χ1) is 8.88. The molecule has 0 aliphatic carbocycles. The fourth-order valence-electron chi connectivity index (χ4n) is 1.62. The Balaban J connectivity index is 3.50. The third-order valence-corrected chi connectivity index (χ3v) is 2.43. The van der Waals surface area contributed by atoms with E-state index in [4.69, 9.17) is 10.2 Å². The summed E-state index contributed by atoms with van der Waals surface area (Å²) in [6.45, 7) is -0.271. The summed E-state index contributed by atoms with van der Waals surface area (Å²) in [4.78, 5) is 30.8. The van der Waals surface area contributed by atoms with Gasteiger partial charge in [-0.3, -0.25) is 20.2 Å². The lowest BCUT2D eigenvalue weighted by molar-refractivity contribution is -0.394. The van der Waals surface area contributed by atoms with Crippen LogP contribution in [0.2, 0.25) is 0 Å². The lowest BCUT2D eigenvalue weighted by Crippen LogP contribution is -2.08. The molecule has 0 fully saturated rings. The van der Waals surface area contributed by atoms with Gasteiger partial charge in [-0.25, -0.2) is 4.79 Å². The van der Waals surface area contributed by atoms with Crippen molar-refractivity contribution < 1.29 is 24.9 Å². The van der Waals surface area contributed by atoms with Crippen LogP contribution in [-0.2, 0) is 6.42 Å². The lowest BCUT2D eigenvalue weighted by Gasteiger charge is -2.06. The summed E-state index contributed by atoms with van der Waals surface area (Å²) < 4.78 is 0. The molecule has 9 heteroatoms. The molecular weight excluding hydrogens is 260 g/mol. The maximum absolute atomic E-state index is 11.0. The highest BCUT2D eigenvalue weighted by Crippen LogP contribution is 2.29. The number of aliphatic hydroxyl groups is 1. The van der Waals surface area contributed by atoms with E-state index in [2.05, 4.69) is 0 Å². The third kappa shape index (κ3) is 3.22. The van der Waals surface area contributed by atoms with Gasteiger partial charge in [-0.2, -0.15) is 0 Å². The molecule has 0 radical (unpaired) electrons. The summed E-state index contributed by atoms with van der Waals surface area (Å²) in [6, 6.07) is 1.50.